The summed E-state index contributed by atoms with van der Waals surface area (Å²) in [5.41, 5.74) is -1.96. The van der Waals surface area contributed by atoms with Crippen molar-refractivity contribution in [3.05, 3.63) is 52.3 Å². The Balaban J connectivity index is 2.31. The van der Waals surface area contributed by atoms with Gasteiger partial charge in [0.25, 0.3) is 5.69 Å². The van der Waals surface area contributed by atoms with Crippen molar-refractivity contribution in [2.45, 2.75) is 12.6 Å². The molecule has 0 spiro atoms. The highest BCUT2D eigenvalue weighted by molar-refractivity contribution is 6.30. The van der Waals surface area contributed by atoms with E-state index < -0.39 is 52.1 Å². The standard InChI is InChI=1S/C16H8F3N3O5/c17-16(18,19)15(25)21-13(24)6-12(23)10-4-9(8-2-1-3-20-7-8)5-11(14(10)21)22(26)27/h1-5,7H,6H2. The minimum atomic E-state index is -5.46. The van der Waals surface area contributed by atoms with Crippen molar-refractivity contribution in [1.29, 1.82) is 0 Å². The van der Waals surface area contributed by atoms with Gasteiger partial charge in [-0.1, -0.05) is 6.07 Å². The Bertz CT molecular complexity index is 972. The Morgan fingerprint density at radius 1 is 1.22 bits per heavy atom. The highest BCUT2D eigenvalue weighted by atomic mass is 19.4. The number of alkyl halides is 3. The summed E-state index contributed by atoms with van der Waals surface area (Å²) in [7, 11) is 0. The molecule has 138 valence electrons. The van der Waals surface area contributed by atoms with Gasteiger partial charge in [0.15, 0.2) is 5.78 Å². The van der Waals surface area contributed by atoms with Gasteiger partial charge < -0.3 is 0 Å². The van der Waals surface area contributed by atoms with E-state index in [1.54, 1.807) is 0 Å². The number of Topliss-reactive ketones (excluding diaryl/α,β-unsaturated/α-hetero) is 1. The van der Waals surface area contributed by atoms with Gasteiger partial charge >= 0.3 is 12.1 Å². The van der Waals surface area contributed by atoms with Crippen molar-refractivity contribution in [3.63, 3.8) is 0 Å². The number of nitro benzene ring substituents is 1. The summed E-state index contributed by atoms with van der Waals surface area (Å²) in [6.45, 7) is 0. The molecule has 3 rings (SSSR count). The topological polar surface area (TPSA) is 110 Å². The van der Waals surface area contributed by atoms with Gasteiger partial charge in [0.05, 0.1) is 16.9 Å². The van der Waals surface area contributed by atoms with Gasteiger partial charge in [0.2, 0.25) is 5.91 Å². The second kappa shape index (κ2) is 6.27. The largest absolute Gasteiger partial charge is 0.472 e. The van der Waals surface area contributed by atoms with E-state index in [4.69, 9.17) is 0 Å². The molecule has 0 N–H and O–H groups in total. The van der Waals surface area contributed by atoms with Crippen molar-refractivity contribution >= 4 is 29.0 Å². The first-order chi connectivity index (χ1) is 12.6. The van der Waals surface area contributed by atoms with Gasteiger partial charge in [0, 0.05) is 24.0 Å². The molecule has 0 saturated heterocycles. The summed E-state index contributed by atoms with van der Waals surface area (Å²) in [5.74, 6) is -5.00. The number of fused-ring (bicyclic) bond motifs is 1. The molecule has 8 nitrogen and oxygen atoms in total. The third-order valence-corrected chi connectivity index (χ3v) is 3.81. The van der Waals surface area contributed by atoms with Crippen LogP contribution in [0.2, 0.25) is 0 Å². The van der Waals surface area contributed by atoms with E-state index in [-0.39, 0.29) is 10.5 Å². The van der Waals surface area contributed by atoms with Crippen LogP contribution in [0.1, 0.15) is 16.8 Å². The monoisotopic (exact) mass is 379 g/mol. The molecular weight excluding hydrogens is 371 g/mol. The number of hydrogen-bond acceptors (Lipinski definition) is 6. The Morgan fingerprint density at radius 3 is 2.48 bits per heavy atom. The number of nitrogens with zero attached hydrogens (tertiary/aromatic N) is 3. The lowest BCUT2D eigenvalue weighted by atomic mass is 9.94. The number of imide groups is 1. The fraction of sp³-hybridized carbons (Fsp3) is 0.125. The van der Waals surface area contributed by atoms with Crippen LogP contribution in [0.4, 0.5) is 24.5 Å². The predicted molar refractivity (Wildman–Crippen MR) is 83.8 cm³/mol. The Kier molecular flexibility index (Phi) is 4.22. The van der Waals surface area contributed by atoms with Crippen LogP contribution in [-0.4, -0.2) is 33.7 Å². The summed E-state index contributed by atoms with van der Waals surface area (Å²) >= 11 is 0. The molecule has 0 fully saturated rings. The highest BCUT2D eigenvalue weighted by Crippen LogP contribution is 2.41. The number of carbonyl (C=O) groups excluding carboxylic acids is 3. The molecule has 0 bridgehead atoms. The number of benzene rings is 1. The SMILES string of the molecule is O=C1CC(=O)N(C(=O)C(F)(F)F)c2c1cc(-c1cccnc1)cc2[N+](=O)[O-]. The van der Waals surface area contributed by atoms with Crippen LogP contribution in [0, 0.1) is 10.1 Å². The molecule has 0 aliphatic carbocycles. The maximum atomic E-state index is 12.9. The number of aromatic nitrogens is 1. The molecule has 27 heavy (non-hydrogen) atoms. The van der Waals surface area contributed by atoms with Crippen molar-refractivity contribution in [1.82, 2.24) is 4.98 Å². The summed E-state index contributed by atoms with van der Waals surface area (Å²) in [5, 5.41) is 11.4. The van der Waals surface area contributed by atoms with E-state index in [1.807, 2.05) is 0 Å². The molecule has 0 unspecified atom stereocenters. The zero-order valence-corrected chi connectivity index (χ0v) is 13.2. The van der Waals surface area contributed by atoms with Crippen LogP contribution in [0.25, 0.3) is 11.1 Å². The number of hydrogen-bond donors (Lipinski definition) is 0. The molecule has 0 atom stereocenters. The number of carbonyl (C=O) groups is 3. The fourth-order valence-corrected chi connectivity index (χ4v) is 2.68. The molecule has 0 radical (unpaired) electrons. The molecule has 1 aliphatic heterocycles. The number of anilines is 1. The van der Waals surface area contributed by atoms with Crippen LogP contribution >= 0.6 is 0 Å². The first kappa shape index (κ1) is 18.2. The number of pyridine rings is 1. The summed E-state index contributed by atoms with van der Waals surface area (Å²) in [6, 6.07) is 5.03. The fourth-order valence-electron chi connectivity index (χ4n) is 2.68. The zero-order valence-electron chi connectivity index (χ0n) is 13.2. The second-order valence-electron chi connectivity index (χ2n) is 5.52. The molecule has 11 heteroatoms. The Hall–Kier alpha value is -3.63. The van der Waals surface area contributed by atoms with Crippen molar-refractivity contribution < 1.29 is 32.5 Å². The Labute approximate surface area is 148 Å². The average molecular weight is 379 g/mol. The maximum absolute atomic E-state index is 12.9. The number of ketones is 1. The van der Waals surface area contributed by atoms with Crippen LogP contribution in [0.3, 0.4) is 0 Å². The maximum Gasteiger partial charge on any atom is 0.472 e. The average Bonchev–Trinajstić information content (AvgIpc) is 2.60. The lowest BCUT2D eigenvalue weighted by Gasteiger charge is -2.27. The lowest BCUT2D eigenvalue weighted by molar-refractivity contribution is -0.384. The molecule has 1 aliphatic rings. The highest BCUT2D eigenvalue weighted by Gasteiger charge is 2.50. The zero-order chi connectivity index (χ0) is 19.9. The molecule has 2 amide bonds. The van der Waals surface area contributed by atoms with Gasteiger partial charge in [-0.15, -0.1) is 0 Å². The number of nitro groups is 1. The van der Waals surface area contributed by atoms with Gasteiger partial charge in [-0.3, -0.25) is 29.5 Å². The van der Waals surface area contributed by atoms with Gasteiger partial charge in [-0.05, 0) is 17.7 Å². The van der Waals surface area contributed by atoms with E-state index in [9.17, 15) is 37.7 Å². The van der Waals surface area contributed by atoms with Crippen molar-refractivity contribution in [2.75, 3.05) is 4.90 Å². The predicted octanol–water partition coefficient (Wildman–Crippen LogP) is 2.67. The van der Waals surface area contributed by atoms with E-state index in [2.05, 4.69) is 4.98 Å². The van der Waals surface area contributed by atoms with E-state index in [0.717, 1.165) is 12.1 Å². The Morgan fingerprint density at radius 2 is 1.93 bits per heavy atom. The second-order valence-corrected chi connectivity index (χ2v) is 5.52. The van der Waals surface area contributed by atoms with Crippen LogP contribution in [0.5, 0.6) is 0 Å². The third-order valence-electron chi connectivity index (χ3n) is 3.81. The van der Waals surface area contributed by atoms with Crippen LogP contribution in [-0.2, 0) is 9.59 Å². The lowest BCUT2D eigenvalue weighted by Crippen LogP contribution is -2.48. The molecule has 2 heterocycles. The quantitative estimate of drug-likeness (QED) is 0.451. The number of rotatable bonds is 2. The summed E-state index contributed by atoms with van der Waals surface area (Å²) in [6.07, 6.45) is -3.70. The van der Waals surface area contributed by atoms with E-state index in [1.165, 1.54) is 24.5 Å². The minimum absolute atomic E-state index is 0.135. The molecular formula is C16H8F3N3O5. The first-order valence-electron chi connectivity index (χ1n) is 7.31. The normalized spacial score (nSPS) is 14.1. The summed E-state index contributed by atoms with van der Waals surface area (Å²) < 4.78 is 38.6. The first-order valence-corrected chi connectivity index (χ1v) is 7.31. The van der Waals surface area contributed by atoms with Crippen LogP contribution in [0.15, 0.2) is 36.7 Å². The number of amides is 2. The van der Waals surface area contributed by atoms with Gasteiger partial charge in [-0.25, -0.2) is 4.90 Å². The molecule has 1 aromatic heterocycles. The smallest absolute Gasteiger partial charge is 0.294 e. The van der Waals surface area contributed by atoms with E-state index in [0.29, 0.717) is 5.56 Å². The van der Waals surface area contributed by atoms with Gasteiger partial charge in [-0.2, -0.15) is 13.2 Å². The van der Waals surface area contributed by atoms with Gasteiger partial charge in [0.1, 0.15) is 5.69 Å². The molecule has 2 aromatic rings. The van der Waals surface area contributed by atoms with Crippen molar-refractivity contribution in [2.24, 2.45) is 0 Å². The molecule has 0 saturated carbocycles. The van der Waals surface area contributed by atoms with Crippen molar-refractivity contribution in [3.8, 4) is 11.1 Å². The third kappa shape index (κ3) is 3.14. The summed E-state index contributed by atoms with van der Waals surface area (Å²) in [4.78, 5) is 49.7. The molecule has 1 aromatic carbocycles. The number of halogens is 3. The van der Waals surface area contributed by atoms with E-state index >= 15 is 0 Å². The minimum Gasteiger partial charge on any atom is -0.294 e. The van der Waals surface area contributed by atoms with Crippen LogP contribution < -0.4 is 4.90 Å².